The zero-order chi connectivity index (χ0) is 39.6. The Hall–Kier alpha value is -4.78. The second-order valence-electron chi connectivity index (χ2n) is 18.5. The number of urea groups is 1. The van der Waals surface area contributed by atoms with Crippen LogP contribution in [-0.2, 0) is 6.54 Å². The van der Waals surface area contributed by atoms with Gasteiger partial charge in [0.05, 0.1) is 24.3 Å². The quantitative estimate of drug-likeness (QED) is 0.117. The minimum atomic E-state index is -1.19. The Morgan fingerprint density at radius 2 is 1.35 bits per heavy atom. The summed E-state index contributed by atoms with van der Waals surface area (Å²) in [6, 6.07) is 37.9. The standard InChI is InChI=1S/C51H56N2O4/c1-35(37-15-9-5-10-16-37)52-46(56)53(33-36-13-7-4-8-14-36)34-50(57)28-25-44-48(50,3)27-24-43-47(2)26-23-41(54)31-49(47)29-30-51(43,44)42(32-49)45(55)40-21-19-39(20-22-40)38-17-11-6-12-18-38/h4-22,29-30,32,35,41,43-44,54,57H,23-28,31,33-34H2,1-3H3,(H,52,56). The van der Waals surface area contributed by atoms with Gasteiger partial charge in [0.15, 0.2) is 5.78 Å². The van der Waals surface area contributed by atoms with E-state index in [-0.39, 0.29) is 41.7 Å². The minimum Gasteiger partial charge on any atom is -0.393 e. The Balaban J connectivity index is 1.08. The summed E-state index contributed by atoms with van der Waals surface area (Å²) in [7, 11) is 0. The molecule has 10 rings (SSSR count). The van der Waals surface area contributed by atoms with Crippen molar-refractivity contribution in [1.82, 2.24) is 10.2 Å². The predicted octanol–water partition coefficient (Wildman–Crippen LogP) is 10.1. The van der Waals surface area contributed by atoms with Crippen molar-refractivity contribution in [2.24, 2.45) is 33.5 Å². The lowest BCUT2D eigenvalue weighted by Crippen LogP contribution is -2.67. The van der Waals surface area contributed by atoms with E-state index in [1.807, 2.05) is 115 Å². The number of carbonyl (C=O) groups is 2. The Morgan fingerprint density at radius 1 is 0.754 bits per heavy atom. The fourth-order valence-electron chi connectivity index (χ4n) is 12.6. The summed E-state index contributed by atoms with van der Waals surface area (Å²) in [5, 5.41) is 27.6. The topological polar surface area (TPSA) is 89.9 Å². The van der Waals surface area contributed by atoms with Gasteiger partial charge in [-0.05, 0) is 91.4 Å². The average Bonchev–Trinajstić information content (AvgIpc) is 3.51. The maximum atomic E-state index is 15.2. The highest BCUT2D eigenvalue weighted by atomic mass is 16.3. The maximum absolute atomic E-state index is 15.2. The molecule has 6 aliphatic carbocycles. The average molecular weight is 761 g/mol. The first-order valence-corrected chi connectivity index (χ1v) is 21.1. The van der Waals surface area contributed by atoms with Gasteiger partial charge >= 0.3 is 6.03 Å². The van der Waals surface area contributed by atoms with Crippen LogP contribution in [0.5, 0.6) is 0 Å². The molecular weight excluding hydrogens is 705 g/mol. The van der Waals surface area contributed by atoms with Crippen LogP contribution in [0.25, 0.3) is 11.1 Å². The first-order chi connectivity index (χ1) is 27.4. The van der Waals surface area contributed by atoms with E-state index in [9.17, 15) is 15.0 Å². The van der Waals surface area contributed by atoms with Crippen molar-refractivity contribution in [2.75, 3.05) is 6.54 Å². The van der Waals surface area contributed by atoms with Crippen LogP contribution < -0.4 is 5.32 Å². The molecule has 0 aliphatic heterocycles. The van der Waals surface area contributed by atoms with Gasteiger partial charge in [0.2, 0.25) is 0 Å². The van der Waals surface area contributed by atoms with E-state index in [0.717, 1.165) is 59.9 Å². The molecule has 0 saturated heterocycles. The van der Waals surface area contributed by atoms with Crippen molar-refractivity contribution < 1.29 is 19.8 Å². The number of ketones is 1. The molecule has 9 atom stereocenters. The van der Waals surface area contributed by atoms with E-state index in [1.54, 1.807) is 0 Å². The number of benzene rings is 4. The SMILES string of the molecule is CC(NC(=O)N(Cc1ccccc1)CC1(O)CCC2C34C=CC5(C=C3C(=O)c3ccc(-c6ccccc6)cc3)CC(O)CCC5(C)C4CCC21C)c1ccccc1. The normalized spacial score (nSPS) is 34.0. The van der Waals surface area contributed by atoms with Gasteiger partial charge in [-0.2, -0.15) is 0 Å². The van der Waals surface area contributed by atoms with Gasteiger partial charge in [0.1, 0.15) is 0 Å². The highest BCUT2D eigenvalue weighted by Gasteiger charge is 2.74. The van der Waals surface area contributed by atoms with E-state index < -0.39 is 27.9 Å². The van der Waals surface area contributed by atoms with Gasteiger partial charge in [-0.25, -0.2) is 4.79 Å². The number of aliphatic hydroxyl groups excluding tert-OH is 1. The number of nitrogens with zero attached hydrogens (tertiary/aromatic N) is 1. The third kappa shape index (κ3) is 5.88. The molecule has 6 nitrogen and oxygen atoms in total. The molecule has 294 valence electrons. The third-order valence-corrected chi connectivity index (χ3v) is 15.8. The van der Waals surface area contributed by atoms with E-state index >= 15 is 4.79 Å². The molecule has 6 aliphatic rings. The van der Waals surface area contributed by atoms with Crippen LogP contribution in [0.1, 0.15) is 93.2 Å². The first-order valence-electron chi connectivity index (χ1n) is 21.1. The highest BCUT2D eigenvalue weighted by molar-refractivity contribution is 6.10. The molecule has 3 saturated carbocycles. The summed E-state index contributed by atoms with van der Waals surface area (Å²) in [6.45, 7) is 7.22. The van der Waals surface area contributed by atoms with Gasteiger partial charge in [-0.3, -0.25) is 4.79 Å². The second-order valence-corrected chi connectivity index (χ2v) is 18.5. The van der Waals surface area contributed by atoms with Crippen molar-refractivity contribution in [3.63, 3.8) is 0 Å². The molecule has 0 radical (unpaired) electrons. The van der Waals surface area contributed by atoms with E-state index in [0.29, 0.717) is 24.9 Å². The molecule has 6 heteroatoms. The first kappa shape index (κ1) is 37.8. The Morgan fingerprint density at radius 3 is 2.05 bits per heavy atom. The van der Waals surface area contributed by atoms with Crippen molar-refractivity contribution in [3.8, 4) is 11.1 Å². The smallest absolute Gasteiger partial charge is 0.318 e. The van der Waals surface area contributed by atoms with Crippen LogP contribution >= 0.6 is 0 Å². The molecule has 4 aromatic carbocycles. The number of rotatable bonds is 9. The zero-order valence-electron chi connectivity index (χ0n) is 33.5. The lowest BCUT2D eigenvalue weighted by molar-refractivity contribution is -0.174. The number of carbonyl (C=O) groups excluding carboxylic acids is 2. The van der Waals surface area contributed by atoms with Crippen LogP contribution in [0.15, 0.2) is 139 Å². The molecule has 57 heavy (non-hydrogen) atoms. The maximum Gasteiger partial charge on any atom is 0.318 e. The summed E-state index contributed by atoms with van der Waals surface area (Å²) < 4.78 is 0. The number of hydrogen-bond donors (Lipinski definition) is 3. The van der Waals surface area contributed by atoms with Crippen molar-refractivity contribution in [3.05, 3.63) is 156 Å². The number of nitrogens with one attached hydrogen (secondary N) is 1. The van der Waals surface area contributed by atoms with Crippen LogP contribution in [0.4, 0.5) is 4.79 Å². The van der Waals surface area contributed by atoms with Gasteiger partial charge in [0, 0.05) is 33.9 Å². The summed E-state index contributed by atoms with van der Waals surface area (Å²) in [5.74, 6) is 0.215. The van der Waals surface area contributed by atoms with Gasteiger partial charge < -0.3 is 20.4 Å². The molecule has 3 fully saturated rings. The Labute approximate surface area is 337 Å². The molecule has 0 heterocycles. The fraction of sp³-hybridized carbons (Fsp3) is 0.412. The fourth-order valence-corrected chi connectivity index (χ4v) is 12.6. The molecular formula is C51H56N2O4. The Bertz CT molecular complexity index is 2200. The molecule has 9 unspecified atom stereocenters. The Kier molecular flexibility index (Phi) is 9.25. The lowest BCUT2D eigenvalue weighted by Gasteiger charge is -2.71. The summed E-state index contributed by atoms with van der Waals surface area (Å²) in [6.07, 6.45) is 11.8. The third-order valence-electron chi connectivity index (χ3n) is 15.8. The lowest BCUT2D eigenvalue weighted by atomic mass is 9.32. The molecule has 2 spiro atoms. The predicted molar refractivity (Wildman–Crippen MR) is 225 cm³/mol. The number of hydrogen-bond acceptors (Lipinski definition) is 4. The largest absolute Gasteiger partial charge is 0.393 e. The molecule has 3 N–H and O–H groups in total. The van der Waals surface area contributed by atoms with E-state index in [1.165, 1.54) is 0 Å². The van der Waals surface area contributed by atoms with Gasteiger partial charge in [0.25, 0.3) is 0 Å². The number of aliphatic hydroxyl groups is 2. The van der Waals surface area contributed by atoms with Crippen molar-refractivity contribution in [2.45, 2.75) is 90.0 Å². The molecule has 2 bridgehead atoms. The molecule has 4 aromatic rings. The summed E-state index contributed by atoms with van der Waals surface area (Å²) >= 11 is 0. The van der Waals surface area contributed by atoms with E-state index in [2.05, 4.69) is 49.5 Å². The van der Waals surface area contributed by atoms with Gasteiger partial charge in [-0.15, -0.1) is 0 Å². The van der Waals surface area contributed by atoms with Crippen molar-refractivity contribution >= 4 is 11.8 Å². The highest BCUT2D eigenvalue weighted by Crippen LogP contribution is 2.78. The zero-order valence-corrected chi connectivity index (χ0v) is 33.5. The van der Waals surface area contributed by atoms with Crippen LogP contribution in [0.2, 0.25) is 0 Å². The molecule has 0 aromatic heterocycles. The van der Waals surface area contributed by atoms with Crippen LogP contribution in [0, 0.1) is 33.5 Å². The number of allylic oxidation sites excluding steroid dienone is 4. The molecule has 2 amide bonds. The number of amides is 2. The van der Waals surface area contributed by atoms with Crippen molar-refractivity contribution in [1.29, 1.82) is 0 Å². The summed E-state index contributed by atoms with van der Waals surface area (Å²) in [4.78, 5) is 31.4. The van der Waals surface area contributed by atoms with Crippen LogP contribution in [0.3, 0.4) is 0 Å². The summed E-state index contributed by atoms with van der Waals surface area (Å²) in [5.41, 5.74) is 2.83. The van der Waals surface area contributed by atoms with Crippen LogP contribution in [-0.4, -0.2) is 45.2 Å². The number of fused-ring (bicyclic) bond motifs is 1. The van der Waals surface area contributed by atoms with Gasteiger partial charge in [-0.1, -0.05) is 147 Å². The number of Topliss-reactive ketones (excluding diaryl/α,β-unsaturated/α-hetero) is 1. The monoisotopic (exact) mass is 760 g/mol. The minimum absolute atomic E-state index is 0.0179. The second kappa shape index (κ2) is 14.0. The van der Waals surface area contributed by atoms with E-state index in [4.69, 9.17) is 0 Å².